The molecule has 10 heteroatoms. The summed E-state index contributed by atoms with van der Waals surface area (Å²) in [5, 5.41) is 9.37. The van der Waals surface area contributed by atoms with Crippen molar-refractivity contribution < 1.29 is 18.7 Å². The molecule has 1 aliphatic heterocycles. The number of carbonyl (C=O) groups is 2. The third kappa shape index (κ3) is 6.21. The van der Waals surface area contributed by atoms with Crippen LogP contribution >= 0.6 is 11.6 Å². The van der Waals surface area contributed by atoms with Crippen LogP contribution in [-0.2, 0) is 11.3 Å². The smallest absolute Gasteiger partial charge is 0.254 e. The highest BCUT2D eigenvalue weighted by atomic mass is 35.5. The van der Waals surface area contributed by atoms with Crippen molar-refractivity contribution in [3.8, 4) is 17.0 Å². The van der Waals surface area contributed by atoms with E-state index < -0.39 is 0 Å². The minimum absolute atomic E-state index is 0.0576. The highest BCUT2D eigenvalue weighted by Crippen LogP contribution is 2.26. The summed E-state index contributed by atoms with van der Waals surface area (Å²) >= 11 is 6.28. The summed E-state index contributed by atoms with van der Waals surface area (Å²) in [6.07, 6.45) is 1.55. The van der Waals surface area contributed by atoms with Crippen LogP contribution in [0.3, 0.4) is 0 Å². The van der Waals surface area contributed by atoms with E-state index in [1.54, 1.807) is 54.7 Å². The molecule has 0 bridgehead atoms. The number of furan rings is 1. The Kier molecular flexibility index (Phi) is 8.07. The number of nitrogens with zero attached hydrogens (tertiary/aromatic N) is 5. The lowest BCUT2D eigenvalue weighted by atomic mass is 10.1. The number of hydrogen-bond acceptors (Lipinski definition) is 7. The van der Waals surface area contributed by atoms with Crippen molar-refractivity contribution in [2.45, 2.75) is 6.54 Å². The molecule has 2 aromatic carbocycles. The predicted molar refractivity (Wildman–Crippen MR) is 148 cm³/mol. The normalized spacial score (nSPS) is 13.3. The number of ether oxygens (including phenoxy) is 1. The monoisotopic (exact) mass is 545 g/mol. The summed E-state index contributed by atoms with van der Waals surface area (Å²) in [7, 11) is 1.57. The van der Waals surface area contributed by atoms with Crippen LogP contribution in [0.5, 0.6) is 5.75 Å². The molecule has 4 aromatic rings. The van der Waals surface area contributed by atoms with E-state index in [4.69, 9.17) is 20.8 Å². The molecule has 200 valence electrons. The van der Waals surface area contributed by atoms with Crippen LogP contribution in [0.2, 0.25) is 5.02 Å². The average molecular weight is 546 g/mol. The van der Waals surface area contributed by atoms with Crippen molar-refractivity contribution in [3.05, 3.63) is 95.4 Å². The number of piperazine rings is 1. The molecule has 3 heterocycles. The Morgan fingerprint density at radius 1 is 0.949 bits per heavy atom. The van der Waals surface area contributed by atoms with Crippen LogP contribution in [-0.4, -0.2) is 71.6 Å². The first-order valence-electron chi connectivity index (χ1n) is 12.6. The van der Waals surface area contributed by atoms with Crippen LogP contribution < -0.4 is 9.64 Å². The number of carbonyl (C=O) groups excluding carboxylic acids is 2. The molecule has 0 atom stereocenters. The van der Waals surface area contributed by atoms with Gasteiger partial charge in [-0.3, -0.25) is 9.59 Å². The topological polar surface area (TPSA) is 92.0 Å². The number of anilines is 1. The summed E-state index contributed by atoms with van der Waals surface area (Å²) in [6, 6.07) is 21.7. The highest BCUT2D eigenvalue weighted by molar-refractivity contribution is 6.33. The number of amides is 2. The summed E-state index contributed by atoms with van der Waals surface area (Å²) in [6.45, 7) is 2.37. The minimum Gasteiger partial charge on any atom is -0.497 e. The van der Waals surface area contributed by atoms with E-state index in [9.17, 15) is 9.59 Å². The molecule has 0 unspecified atom stereocenters. The molecule has 2 amide bonds. The molecule has 39 heavy (non-hydrogen) atoms. The van der Waals surface area contributed by atoms with E-state index in [2.05, 4.69) is 15.1 Å². The molecule has 1 fully saturated rings. The first kappa shape index (κ1) is 26.2. The number of benzene rings is 2. The number of rotatable bonds is 8. The largest absolute Gasteiger partial charge is 0.497 e. The van der Waals surface area contributed by atoms with Crippen molar-refractivity contribution in [2.24, 2.45) is 0 Å². The molecular weight excluding hydrogens is 518 g/mol. The van der Waals surface area contributed by atoms with Crippen LogP contribution in [0.25, 0.3) is 11.3 Å². The number of aromatic nitrogens is 2. The van der Waals surface area contributed by atoms with E-state index in [0.29, 0.717) is 54.0 Å². The fraction of sp³-hybridized carbons (Fsp3) is 0.241. The lowest BCUT2D eigenvalue weighted by molar-refractivity contribution is -0.132. The minimum atomic E-state index is -0.255. The second-order valence-electron chi connectivity index (χ2n) is 9.09. The molecule has 1 saturated heterocycles. The quantitative estimate of drug-likeness (QED) is 0.324. The Morgan fingerprint density at radius 2 is 1.72 bits per heavy atom. The van der Waals surface area contributed by atoms with E-state index in [1.165, 1.54) is 4.90 Å². The predicted octanol–water partition coefficient (Wildman–Crippen LogP) is 4.39. The van der Waals surface area contributed by atoms with Crippen molar-refractivity contribution >= 4 is 29.2 Å². The summed E-state index contributed by atoms with van der Waals surface area (Å²) in [4.78, 5) is 32.0. The number of halogens is 1. The van der Waals surface area contributed by atoms with Gasteiger partial charge in [-0.05, 0) is 54.6 Å². The lowest BCUT2D eigenvalue weighted by Crippen LogP contribution is -2.52. The Labute approximate surface area is 231 Å². The zero-order valence-electron chi connectivity index (χ0n) is 21.5. The fourth-order valence-corrected chi connectivity index (χ4v) is 4.69. The van der Waals surface area contributed by atoms with Gasteiger partial charge in [-0.15, -0.1) is 10.2 Å². The molecule has 0 radical (unpaired) electrons. The Morgan fingerprint density at radius 3 is 2.36 bits per heavy atom. The van der Waals surface area contributed by atoms with Crippen molar-refractivity contribution in [2.75, 3.05) is 44.7 Å². The van der Waals surface area contributed by atoms with Gasteiger partial charge in [-0.25, -0.2) is 0 Å². The SMILES string of the molecule is COc1ccc(C(=O)N(CC(=O)N2CCN(c3ccc(-c4ccccc4Cl)nn3)CC2)Cc2ccco2)cc1. The first-order chi connectivity index (χ1) is 19.0. The highest BCUT2D eigenvalue weighted by Gasteiger charge is 2.26. The van der Waals surface area contributed by atoms with Crippen LogP contribution in [0.4, 0.5) is 5.82 Å². The van der Waals surface area contributed by atoms with E-state index in [-0.39, 0.29) is 24.9 Å². The molecule has 9 nitrogen and oxygen atoms in total. The van der Waals surface area contributed by atoms with Gasteiger partial charge in [-0.1, -0.05) is 29.8 Å². The van der Waals surface area contributed by atoms with Crippen LogP contribution in [0, 0.1) is 0 Å². The lowest BCUT2D eigenvalue weighted by Gasteiger charge is -2.36. The van der Waals surface area contributed by atoms with Crippen molar-refractivity contribution in [1.29, 1.82) is 0 Å². The van der Waals surface area contributed by atoms with Gasteiger partial charge < -0.3 is 23.9 Å². The maximum atomic E-state index is 13.3. The number of hydrogen-bond donors (Lipinski definition) is 0. The van der Waals surface area contributed by atoms with Gasteiger partial charge in [-0.2, -0.15) is 0 Å². The maximum Gasteiger partial charge on any atom is 0.254 e. The van der Waals surface area contributed by atoms with Crippen LogP contribution in [0.15, 0.2) is 83.5 Å². The van der Waals surface area contributed by atoms with Gasteiger partial charge >= 0.3 is 0 Å². The summed E-state index contributed by atoms with van der Waals surface area (Å²) in [5.74, 6) is 1.62. The van der Waals surface area contributed by atoms with Gasteiger partial charge in [0.05, 0.1) is 30.6 Å². The molecule has 0 spiro atoms. The summed E-state index contributed by atoms with van der Waals surface area (Å²) < 4.78 is 10.6. The Bertz CT molecular complexity index is 1400. The van der Waals surface area contributed by atoms with Crippen molar-refractivity contribution in [3.63, 3.8) is 0 Å². The maximum absolute atomic E-state index is 13.3. The first-order valence-corrected chi connectivity index (χ1v) is 13.0. The zero-order valence-corrected chi connectivity index (χ0v) is 22.3. The average Bonchev–Trinajstić information content (AvgIpc) is 3.50. The molecule has 0 aliphatic carbocycles. The third-order valence-corrected chi connectivity index (χ3v) is 6.96. The van der Waals surface area contributed by atoms with Gasteiger partial charge in [0.2, 0.25) is 5.91 Å². The van der Waals surface area contributed by atoms with E-state index >= 15 is 0 Å². The van der Waals surface area contributed by atoms with E-state index in [1.807, 2.05) is 36.4 Å². The zero-order chi connectivity index (χ0) is 27.2. The standard InChI is InChI=1S/C29H28ClN5O4/c1-38-22-10-8-21(9-11-22)29(37)35(19-23-5-4-18-39-23)20-28(36)34-16-14-33(15-17-34)27-13-12-26(31-32-27)24-6-2-3-7-25(24)30/h2-13,18H,14-17,19-20H2,1H3. The summed E-state index contributed by atoms with van der Waals surface area (Å²) in [5.41, 5.74) is 2.01. The Hall–Kier alpha value is -4.37. The van der Waals surface area contributed by atoms with Crippen molar-refractivity contribution in [1.82, 2.24) is 20.0 Å². The van der Waals surface area contributed by atoms with Gasteiger partial charge in [0, 0.05) is 37.3 Å². The second-order valence-corrected chi connectivity index (χ2v) is 9.50. The molecule has 1 aliphatic rings. The third-order valence-electron chi connectivity index (χ3n) is 6.63. The van der Waals surface area contributed by atoms with Crippen LogP contribution in [0.1, 0.15) is 16.1 Å². The molecular formula is C29H28ClN5O4. The molecule has 0 N–H and O–H groups in total. The molecule has 5 rings (SSSR count). The van der Waals surface area contributed by atoms with Gasteiger partial charge in [0.25, 0.3) is 5.91 Å². The van der Waals surface area contributed by atoms with Gasteiger partial charge in [0.15, 0.2) is 5.82 Å². The van der Waals surface area contributed by atoms with Gasteiger partial charge in [0.1, 0.15) is 18.1 Å². The molecule has 0 saturated carbocycles. The fourth-order valence-electron chi connectivity index (χ4n) is 4.46. The molecule has 2 aromatic heterocycles. The second kappa shape index (κ2) is 12.0. The Balaban J connectivity index is 1.21. The number of methoxy groups -OCH3 is 1. The van der Waals surface area contributed by atoms with E-state index in [0.717, 1.165) is 11.4 Å².